The number of carbonyl (C=O) groups excluding carboxylic acids is 2. The fourth-order valence-electron chi connectivity index (χ4n) is 3.97. The Bertz CT molecular complexity index is 1750. The lowest BCUT2D eigenvalue weighted by molar-refractivity contribution is -0.138. The highest BCUT2D eigenvalue weighted by molar-refractivity contribution is 6.02. The third-order valence-electron chi connectivity index (χ3n) is 6.47. The minimum atomic E-state index is -4.83. The van der Waals surface area contributed by atoms with Crippen molar-refractivity contribution in [3.05, 3.63) is 101 Å². The average molecular weight is 653 g/mol. The first kappa shape index (κ1) is 35.7. The molecule has 0 radical (unpaired) electrons. The van der Waals surface area contributed by atoms with Gasteiger partial charge in [0.25, 0.3) is 5.91 Å². The van der Waals surface area contributed by atoms with Crippen LogP contribution in [0.25, 0.3) is 12.2 Å². The van der Waals surface area contributed by atoms with Gasteiger partial charge < -0.3 is 34.5 Å². The third kappa shape index (κ3) is 9.87. The Morgan fingerprint density at radius 2 is 1.45 bits per heavy atom. The zero-order chi connectivity index (χ0) is 34.8. The maximum absolute atomic E-state index is 13.3. The van der Waals surface area contributed by atoms with Crippen molar-refractivity contribution in [1.82, 2.24) is 0 Å². The van der Waals surface area contributed by atoms with Crippen molar-refractivity contribution in [3.63, 3.8) is 0 Å². The molecule has 0 aliphatic carbocycles. The van der Waals surface area contributed by atoms with Crippen LogP contribution in [0.15, 0.2) is 78.6 Å². The van der Waals surface area contributed by atoms with Crippen LogP contribution in [0, 0.1) is 11.3 Å². The molecule has 0 aliphatic rings. The molecule has 0 aliphatic heterocycles. The van der Waals surface area contributed by atoms with Gasteiger partial charge in [-0.15, -0.1) is 0 Å². The number of amides is 1. The van der Waals surface area contributed by atoms with Gasteiger partial charge in [0.05, 0.1) is 38.5 Å². The van der Waals surface area contributed by atoms with E-state index in [1.807, 2.05) is 0 Å². The molecule has 47 heavy (non-hydrogen) atoms. The highest BCUT2D eigenvalue weighted by Gasteiger charge is 2.35. The summed E-state index contributed by atoms with van der Waals surface area (Å²) in [5.41, 5.74) is -3.10. The van der Waals surface area contributed by atoms with E-state index in [0.717, 1.165) is 25.1 Å². The summed E-state index contributed by atoms with van der Waals surface area (Å²) in [6.07, 6.45) is 1.82. The molecule has 0 bridgehead atoms. The number of carbonyl (C=O) groups is 2. The first-order valence-corrected chi connectivity index (χ1v) is 13.7. The van der Waals surface area contributed by atoms with E-state index in [0.29, 0.717) is 28.7 Å². The molecule has 0 saturated heterocycles. The Morgan fingerprint density at radius 3 is 2.02 bits per heavy atom. The number of ketones is 1. The van der Waals surface area contributed by atoms with Crippen molar-refractivity contribution in [3.8, 4) is 29.1 Å². The average Bonchev–Trinajstić information content (AvgIpc) is 3.04. The van der Waals surface area contributed by atoms with Gasteiger partial charge in [-0.05, 0) is 72.7 Å². The van der Waals surface area contributed by atoms with Gasteiger partial charge in [0.15, 0.2) is 34.4 Å². The second kappa shape index (κ2) is 15.5. The Labute approximate surface area is 268 Å². The second-order valence-electron chi connectivity index (χ2n) is 10.0. The number of anilines is 1. The number of aliphatic hydroxyl groups excluding tert-OH is 1. The van der Waals surface area contributed by atoms with E-state index < -0.39 is 41.2 Å². The monoisotopic (exact) mass is 652 g/mol. The number of nitriles is 1. The number of alkyl halides is 3. The van der Waals surface area contributed by atoms with Crippen molar-refractivity contribution in [2.24, 2.45) is 0 Å². The number of aliphatic hydroxyl groups is 2. The zero-order valence-electron chi connectivity index (χ0n) is 25.7. The molecule has 3 N–H and O–H groups in total. The third-order valence-corrected chi connectivity index (χ3v) is 6.47. The van der Waals surface area contributed by atoms with Crippen LogP contribution in [0.4, 0.5) is 18.9 Å². The van der Waals surface area contributed by atoms with Crippen LogP contribution in [-0.4, -0.2) is 55.4 Å². The van der Waals surface area contributed by atoms with E-state index in [4.69, 9.17) is 24.2 Å². The Morgan fingerprint density at radius 1 is 0.872 bits per heavy atom. The summed E-state index contributed by atoms with van der Waals surface area (Å²) in [7, 11) is 4.36. The van der Waals surface area contributed by atoms with E-state index in [-0.39, 0.29) is 22.9 Å². The predicted octanol–water partition coefficient (Wildman–Crippen LogP) is 6.11. The quantitative estimate of drug-likeness (QED) is 0.113. The molecular weight excluding hydrogens is 621 g/mol. The highest BCUT2D eigenvalue weighted by atomic mass is 19.4. The summed E-state index contributed by atoms with van der Waals surface area (Å²) in [6, 6.07) is 13.8. The number of benzene rings is 3. The standard InChI is InChI=1S/C34H31F3N2O8/c1-33(43,32(42)39-24-10-9-23(19-38)27(17-24)34(35,36)37)20-47-29-14-8-22(16-31(29)46-4)6-12-26(41)18-25(40)11-5-21-7-13-28(44-2)30(15-21)45-3/h5-18,40,43H,20H2,1-4H3,(H,39,42)/b11-5+,12-6+,25-18?. The van der Waals surface area contributed by atoms with Crippen molar-refractivity contribution < 1.29 is 51.9 Å². The molecule has 3 aromatic carbocycles. The molecule has 13 heteroatoms. The van der Waals surface area contributed by atoms with Gasteiger partial charge in [-0.25, -0.2) is 0 Å². The first-order valence-electron chi connectivity index (χ1n) is 13.7. The lowest BCUT2D eigenvalue weighted by atomic mass is 10.1. The van der Waals surface area contributed by atoms with E-state index in [1.54, 1.807) is 30.3 Å². The highest BCUT2D eigenvalue weighted by Crippen LogP contribution is 2.34. The van der Waals surface area contributed by atoms with Gasteiger partial charge in [-0.1, -0.05) is 24.3 Å². The van der Waals surface area contributed by atoms with Crippen LogP contribution in [-0.2, 0) is 15.8 Å². The van der Waals surface area contributed by atoms with Gasteiger partial charge in [-0.2, -0.15) is 18.4 Å². The van der Waals surface area contributed by atoms with Gasteiger partial charge in [-0.3, -0.25) is 9.59 Å². The molecule has 0 fully saturated rings. The number of ether oxygens (including phenoxy) is 4. The van der Waals surface area contributed by atoms with E-state index >= 15 is 0 Å². The molecule has 3 rings (SSSR count). The normalized spacial score (nSPS) is 13.1. The van der Waals surface area contributed by atoms with Crippen molar-refractivity contribution >= 4 is 29.5 Å². The van der Waals surface area contributed by atoms with Crippen LogP contribution in [0.5, 0.6) is 23.0 Å². The lowest BCUT2D eigenvalue weighted by Gasteiger charge is -2.23. The number of nitrogens with zero attached hydrogens (tertiary/aromatic N) is 1. The molecule has 0 saturated carbocycles. The Hall–Kier alpha value is -5.74. The molecular formula is C34H31F3N2O8. The first-order chi connectivity index (χ1) is 22.2. The molecule has 0 heterocycles. The van der Waals surface area contributed by atoms with Crippen LogP contribution in [0.2, 0.25) is 0 Å². The van der Waals surface area contributed by atoms with Crippen molar-refractivity contribution in [1.29, 1.82) is 5.26 Å². The number of nitrogens with one attached hydrogen (secondary N) is 1. The number of rotatable bonds is 13. The lowest BCUT2D eigenvalue weighted by Crippen LogP contribution is -2.45. The van der Waals surface area contributed by atoms with Crippen LogP contribution in [0.1, 0.15) is 29.2 Å². The maximum atomic E-state index is 13.3. The van der Waals surface area contributed by atoms with E-state index in [2.05, 4.69) is 5.32 Å². The minimum absolute atomic E-state index is 0.125. The molecule has 0 aromatic heterocycles. The van der Waals surface area contributed by atoms with Crippen LogP contribution >= 0.6 is 0 Å². The van der Waals surface area contributed by atoms with Crippen molar-refractivity contribution in [2.75, 3.05) is 33.3 Å². The Kier molecular flexibility index (Phi) is 11.8. The number of hydrogen-bond acceptors (Lipinski definition) is 9. The fraction of sp³-hybridized carbons (Fsp3) is 0.206. The second-order valence-corrected chi connectivity index (χ2v) is 10.0. The molecule has 0 spiro atoms. The molecule has 10 nitrogen and oxygen atoms in total. The zero-order valence-corrected chi connectivity index (χ0v) is 25.7. The van der Waals surface area contributed by atoms with E-state index in [9.17, 15) is 33.0 Å². The summed E-state index contributed by atoms with van der Waals surface area (Å²) in [6.45, 7) is 0.504. The molecule has 246 valence electrons. The van der Waals surface area contributed by atoms with Crippen molar-refractivity contribution in [2.45, 2.75) is 18.7 Å². The predicted molar refractivity (Wildman–Crippen MR) is 167 cm³/mol. The van der Waals surface area contributed by atoms with Gasteiger partial charge in [0, 0.05) is 11.8 Å². The topological polar surface area (TPSA) is 147 Å². The number of halogens is 3. The molecule has 1 amide bonds. The van der Waals surface area contributed by atoms with Crippen LogP contribution in [0.3, 0.4) is 0 Å². The summed E-state index contributed by atoms with van der Waals surface area (Å²) in [5.74, 6) is -0.483. The number of methoxy groups -OCH3 is 3. The molecule has 3 aromatic rings. The Balaban J connectivity index is 1.63. The fourth-order valence-corrected chi connectivity index (χ4v) is 3.97. The summed E-state index contributed by atoms with van der Waals surface area (Å²) >= 11 is 0. The summed E-state index contributed by atoms with van der Waals surface area (Å²) < 4.78 is 61.1. The number of allylic oxidation sites excluding steroid dienone is 3. The largest absolute Gasteiger partial charge is 0.508 e. The minimum Gasteiger partial charge on any atom is -0.508 e. The summed E-state index contributed by atoms with van der Waals surface area (Å²) in [4.78, 5) is 25.0. The molecule has 1 atom stereocenters. The van der Waals surface area contributed by atoms with Crippen LogP contribution < -0.4 is 24.3 Å². The smallest absolute Gasteiger partial charge is 0.417 e. The van der Waals surface area contributed by atoms with E-state index in [1.165, 1.54) is 57.8 Å². The van der Waals surface area contributed by atoms with Gasteiger partial charge >= 0.3 is 6.18 Å². The van der Waals surface area contributed by atoms with Gasteiger partial charge in [0.2, 0.25) is 0 Å². The number of hydrogen-bond donors (Lipinski definition) is 3. The summed E-state index contributed by atoms with van der Waals surface area (Å²) in [5, 5.41) is 32.0. The maximum Gasteiger partial charge on any atom is 0.417 e. The SMILES string of the molecule is COc1ccc(/C=C/C(O)=CC(=O)/C=C/c2ccc(OCC(C)(O)C(=O)Nc3ccc(C#N)c(C(F)(F)F)c3)c(OC)c2)cc1OC. The van der Waals surface area contributed by atoms with Gasteiger partial charge in [0.1, 0.15) is 12.4 Å². The molecule has 1 unspecified atom stereocenters.